The number of hydrogen-bond acceptors (Lipinski definition) is 1. The fraction of sp³-hybridized carbons (Fsp3) is 0.125. The van der Waals surface area contributed by atoms with E-state index < -0.39 is 28.2 Å². The third-order valence-electron chi connectivity index (χ3n) is 1.94. The van der Waals surface area contributed by atoms with Gasteiger partial charge in [-0.05, 0) is 12.1 Å². The highest BCUT2D eigenvalue weighted by atomic mass is 35.5. The Morgan fingerprint density at radius 2 is 2.00 bits per heavy atom. The van der Waals surface area contributed by atoms with Gasteiger partial charge in [0.15, 0.2) is 0 Å². The number of fused-ring (bicyclic) bond motifs is 1. The quantitative estimate of drug-likeness (QED) is 0.717. The molecule has 0 atom stereocenters. The number of hydrogen-bond donors (Lipinski definition) is 1. The monoisotopic (exact) mass is 221 g/mol. The minimum atomic E-state index is -3.76. The van der Waals surface area contributed by atoms with Crippen molar-refractivity contribution in [3.8, 4) is 0 Å². The van der Waals surface area contributed by atoms with E-state index in [0.717, 1.165) is 12.1 Å². The zero-order valence-corrected chi connectivity index (χ0v) is 7.33. The summed E-state index contributed by atoms with van der Waals surface area (Å²) in [4.78, 5) is 10.8. The lowest BCUT2D eigenvalue weighted by Gasteiger charge is -2.08. The smallest absolute Gasteiger partial charge is 0.320 e. The largest absolute Gasteiger partial charge is 0.353 e. The molecule has 1 aromatic rings. The summed E-state index contributed by atoms with van der Waals surface area (Å²) in [7, 11) is 0. The molecule has 2 nitrogen and oxygen atoms in total. The number of carbonyl (C=O) groups is 1. The second-order valence-corrected chi connectivity index (χ2v) is 3.19. The maximum Gasteiger partial charge on any atom is 0.353 e. The van der Waals surface area contributed by atoms with Crippen LogP contribution in [0.25, 0.3) is 0 Å². The van der Waals surface area contributed by atoms with Crippen LogP contribution in [0.4, 0.5) is 18.9 Å². The number of benzene rings is 1. The number of amides is 1. The Balaban J connectivity index is 2.74. The summed E-state index contributed by atoms with van der Waals surface area (Å²) in [5, 5.41) is 1.20. The van der Waals surface area contributed by atoms with Crippen LogP contribution in [0.15, 0.2) is 12.1 Å². The Bertz CT molecular complexity index is 433. The van der Waals surface area contributed by atoms with E-state index >= 15 is 0 Å². The molecule has 74 valence electrons. The van der Waals surface area contributed by atoms with Gasteiger partial charge in [-0.2, -0.15) is 8.78 Å². The van der Waals surface area contributed by atoms with Gasteiger partial charge in [0.1, 0.15) is 5.82 Å². The van der Waals surface area contributed by atoms with Gasteiger partial charge in [0, 0.05) is 0 Å². The lowest BCUT2D eigenvalue weighted by molar-refractivity contribution is -0.139. The number of anilines is 1. The Labute approximate surface area is 81.7 Å². The van der Waals surface area contributed by atoms with E-state index in [1.807, 2.05) is 5.32 Å². The molecule has 0 spiro atoms. The van der Waals surface area contributed by atoms with Crippen LogP contribution in [0.5, 0.6) is 0 Å². The third kappa shape index (κ3) is 1.02. The molecular formula is C8H3ClF3NO. The van der Waals surface area contributed by atoms with E-state index in [1.165, 1.54) is 0 Å². The highest BCUT2D eigenvalue weighted by molar-refractivity contribution is 6.33. The molecule has 0 aromatic heterocycles. The zero-order chi connectivity index (χ0) is 10.5. The summed E-state index contributed by atoms with van der Waals surface area (Å²) in [5.74, 6) is -6.21. The standard InChI is InChI=1S/C8H3ClF3NO/c9-6-3(10)1-2-4-5(6)8(11,12)7(14)13-4/h1-2H,(H,13,14). The molecule has 0 fully saturated rings. The third-order valence-corrected chi connectivity index (χ3v) is 2.31. The Hall–Kier alpha value is -1.23. The van der Waals surface area contributed by atoms with Crippen molar-refractivity contribution in [1.82, 2.24) is 0 Å². The SMILES string of the molecule is O=C1Nc2ccc(F)c(Cl)c2C1(F)F. The second kappa shape index (κ2) is 2.63. The van der Waals surface area contributed by atoms with Crippen molar-refractivity contribution in [3.63, 3.8) is 0 Å². The van der Waals surface area contributed by atoms with Crippen LogP contribution in [-0.2, 0) is 10.7 Å². The maximum absolute atomic E-state index is 13.1. The summed E-state index contributed by atoms with van der Waals surface area (Å²) in [6.45, 7) is 0. The molecule has 0 radical (unpaired) electrons. The molecule has 0 aliphatic carbocycles. The lowest BCUT2D eigenvalue weighted by atomic mass is 10.1. The van der Waals surface area contributed by atoms with Crippen LogP contribution in [-0.4, -0.2) is 5.91 Å². The zero-order valence-electron chi connectivity index (χ0n) is 6.57. The molecule has 0 saturated heterocycles. The summed E-state index contributed by atoms with van der Waals surface area (Å²) in [6, 6.07) is 1.97. The number of nitrogens with one attached hydrogen (secondary N) is 1. The first-order valence-electron chi connectivity index (χ1n) is 3.62. The average molecular weight is 222 g/mol. The van der Waals surface area contributed by atoms with E-state index in [-0.39, 0.29) is 5.69 Å². The number of alkyl halides is 2. The fourth-order valence-electron chi connectivity index (χ4n) is 1.28. The van der Waals surface area contributed by atoms with Crippen molar-refractivity contribution < 1.29 is 18.0 Å². The Morgan fingerprint density at radius 1 is 1.36 bits per heavy atom. The van der Waals surface area contributed by atoms with E-state index in [9.17, 15) is 18.0 Å². The van der Waals surface area contributed by atoms with Gasteiger partial charge in [0.2, 0.25) is 0 Å². The minimum Gasteiger partial charge on any atom is -0.320 e. The van der Waals surface area contributed by atoms with Crippen molar-refractivity contribution in [1.29, 1.82) is 0 Å². The first-order chi connectivity index (χ1) is 6.44. The van der Waals surface area contributed by atoms with Gasteiger partial charge in [-0.25, -0.2) is 4.39 Å². The van der Waals surface area contributed by atoms with Crippen molar-refractivity contribution in [2.75, 3.05) is 5.32 Å². The highest BCUT2D eigenvalue weighted by Crippen LogP contribution is 2.44. The molecular weight excluding hydrogens is 219 g/mol. The van der Waals surface area contributed by atoms with Crippen molar-refractivity contribution in [3.05, 3.63) is 28.5 Å². The molecule has 0 unspecified atom stereocenters. The number of rotatable bonds is 0. The molecule has 0 bridgehead atoms. The van der Waals surface area contributed by atoms with Crippen molar-refractivity contribution >= 4 is 23.2 Å². The number of halogens is 4. The molecule has 1 aromatic carbocycles. The predicted molar refractivity (Wildman–Crippen MR) is 43.9 cm³/mol. The van der Waals surface area contributed by atoms with E-state index in [0.29, 0.717) is 0 Å². The van der Waals surface area contributed by atoms with Gasteiger partial charge in [0.25, 0.3) is 5.91 Å². The minimum absolute atomic E-state index is 0.147. The Kier molecular flexibility index (Phi) is 1.75. The molecule has 6 heteroatoms. The van der Waals surface area contributed by atoms with Gasteiger partial charge in [-0.1, -0.05) is 11.6 Å². The summed E-state index contributed by atoms with van der Waals surface area (Å²) < 4.78 is 39.1. The van der Waals surface area contributed by atoms with E-state index in [4.69, 9.17) is 11.6 Å². The summed E-state index contributed by atoms with van der Waals surface area (Å²) >= 11 is 5.34. The first-order valence-corrected chi connectivity index (χ1v) is 4.00. The molecule has 14 heavy (non-hydrogen) atoms. The van der Waals surface area contributed by atoms with Crippen LogP contribution in [0.3, 0.4) is 0 Å². The molecule has 1 amide bonds. The molecule has 2 rings (SSSR count). The molecule has 1 heterocycles. The highest BCUT2D eigenvalue weighted by Gasteiger charge is 2.50. The van der Waals surface area contributed by atoms with Crippen LogP contribution in [0.2, 0.25) is 5.02 Å². The van der Waals surface area contributed by atoms with Gasteiger partial charge in [-0.3, -0.25) is 4.79 Å². The average Bonchev–Trinajstić information content (AvgIpc) is 2.32. The van der Waals surface area contributed by atoms with Crippen LogP contribution >= 0.6 is 11.6 Å². The van der Waals surface area contributed by atoms with E-state index in [1.54, 1.807) is 0 Å². The maximum atomic E-state index is 13.1. The van der Waals surface area contributed by atoms with Crippen molar-refractivity contribution in [2.24, 2.45) is 0 Å². The van der Waals surface area contributed by atoms with Gasteiger partial charge >= 0.3 is 5.92 Å². The topological polar surface area (TPSA) is 29.1 Å². The van der Waals surface area contributed by atoms with Gasteiger partial charge < -0.3 is 5.32 Å². The van der Waals surface area contributed by atoms with Gasteiger partial charge in [-0.15, -0.1) is 0 Å². The normalized spacial score (nSPS) is 17.9. The summed E-state index contributed by atoms with van der Waals surface area (Å²) in [6.07, 6.45) is 0. The van der Waals surface area contributed by atoms with Crippen LogP contribution < -0.4 is 5.32 Å². The molecule has 0 saturated carbocycles. The fourth-order valence-corrected chi connectivity index (χ4v) is 1.56. The van der Waals surface area contributed by atoms with Crippen molar-refractivity contribution in [2.45, 2.75) is 5.92 Å². The second-order valence-electron chi connectivity index (χ2n) is 2.81. The Morgan fingerprint density at radius 3 is 2.64 bits per heavy atom. The van der Waals surface area contributed by atoms with Crippen LogP contribution in [0, 0.1) is 5.82 Å². The van der Waals surface area contributed by atoms with Gasteiger partial charge in [0.05, 0.1) is 16.3 Å². The molecule has 1 aliphatic rings. The first kappa shape index (κ1) is 9.33. The van der Waals surface area contributed by atoms with E-state index in [2.05, 4.69) is 0 Å². The van der Waals surface area contributed by atoms with Crippen LogP contribution in [0.1, 0.15) is 5.56 Å². The predicted octanol–water partition coefficient (Wildman–Crippen LogP) is 2.52. The molecule has 1 N–H and O–H groups in total. The summed E-state index contributed by atoms with van der Waals surface area (Å²) in [5.41, 5.74) is -0.935. The molecule has 1 aliphatic heterocycles. The number of carbonyl (C=O) groups excluding carboxylic acids is 1. The lowest BCUT2D eigenvalue weighted by Crippen LogP contribution is -2.24.